The van der Waals surface area contributed by atoms with Crippen LogP contribution in [0.1, 0.15) is 12.5 Å². The maximum Gasteiger partial charge on any atom is 0.264 e. The molecule has 0 fully saturated rings. The number of ether oxygens (including phenoxy) is 1. The first-order chi connectivity index (χ1) is 7.96. The van der Waals surface area contributed by atoms with Crippen molar-refractivity contribution >= 4 is 15.8 Å². The lowest BCUT2D eigenvalue weighted by Gasteiger charge is -2.24. The summed E-state index contributed by atoms with van der Waals surface area (Å²) < 4.78 is 43.5. The van der Waals surface area contributed by atoms with E-state index in [2.05, 4.69) is 0 Å². The van der Waals surface area contributed by atoms with Crippen LogP contribution in [0.2, 0.25) is 0 Å². The first kappa shape index (κ1) is 11.9. The maximum atomic E-state index is 13.2. The second-order valence-corrected chi connectivity index (χ2v) is 5.55. The molecule has 1 aliphatic heterocycles. The number of halogens is 1. The van der Waals surface area contributed by atoms with E-state index in [0.717, 1.165) is 10.4 Å². The molecule has 0 unspecified atom stereocenters. The molecule has 0 N–H and O–H groups in total. The van der Waals surface area contributed by atoms with Crippen molar-refractivity contribution in [2.24, 2.45) is 0 Å². The zero-order valence-electron chi connectivity index (χ0n) is 9.47. The highest BCUT2D eigenvalue weighted by molar-refractivity contribution is 7.89. The molecule has 0 amide bonds. The molecule has 0 aromatic heterocycles. The average molecular weight is 257 g/mol. The fourth-order valence-electron chi connectivity index (χ4n) is 1.65. The van der Waals surface area contributed by atoms with E-state index in [0.29, 0.717) is 12.4 Å². The molecule has 0 saturated carbocycles. The zero-order valence-corrected chi connectivity index (χ0v) is 10.3. The summed E-state index contributed by atoms with van der Waals surface area (Å²) in [7, 11) is -2.16. The van der Waals surface area contributed by atoms with Crippen molar-refractivity contribution in [1.29, 1.82) is 0 Å². The standard InChI is InChI=1S/C11H12FNO3S/c1-3-16-10-7-13(2)17(14,15)11-5-4-8(12)6-9(10)11/h4-7H,3H2,1-2H3. The number of hydrogen-bond acceptors (Lipinski definition) is 3. The molecule has 0 bridgehead atoms. The maximum absolute atomic E-state index is 13.2. The van der Waals surface area contributed by atoms with E-state index >= 15 is 0 Å². The van der Waals surface area contributed by atoms with E-state index in [4.69, 9.17) is 4.74 Å². The molecule has 4 nitrogen and oxygen atoms in total. The second-order valence-electron chi connectivity index (χ2n) is 3.59. The van der Waals surface area contributed by atoms with Gasteiger partial charge < -0.3 is 4.74 Å². The van der Waals surface area contributed by atoms with Crippen LogP contribution in [0.5, 0.6) is 0 Å². The monoisotopic (exact) mass is 257 g/mol. The van der Waals surface area contributed by atoms with E-state index in [1.54, 1.807) is 6.92 Å². The molecule has 2 rings (SSSR count). The van der Waals surface area contributed by atoms with E-state index in [1.807, 2.05) is 0 Å². The fourth-order valence-corrected chi connectivity index (χ4v) is 2.87. The highest BCUT2D eigenvalue weighted by Gasteiger charge is 2.29. The number of sulfonamides is 1. The van der Waals surface area contributed by atoms with Crippen LogP contribution in [0, 0.1) is 5.82 Å². The van der Waals surface area contributed by atoms with Crippen molar-refractivity contribution in [3.8, 4) is 0 Å². The number of fused-ring (bicyclic) bond motifs is 1. The number of rotatable bonds is 2. The van der Waals surface area contributed by atoms with E-state index in [1.165, 1.54) is 25.4 Å². The van der Waals surface area contributed by atoms with Crippen LogP contribution in [0.15, 0.2) is 29.3 Å². The Hall–Kier alpha value is -1.56. The summed E-state index contributed by atoms with van der Waals surface area (Å²) in [5.74, 6) is -0.131. The van der Waals surface area contributed by atoms with Gasteiger partial charge in [-0.05, 0) is 25.1 Å². The van der Waals surface area contributed by atoms with Crippen LogP contribution < -0.4 is 0 Å². The predicted molar refractivity (Wildman–Crippen MR) is 61.0 cm³/mol. The molecule has 92 valence electrons. The molecule has 0 aliphatic carbocycles. The third-order valence-corrected chi connectivity index (χ3v) is 4.24. The van der Waals surface area contributed by atoms with Gasteiger partial charge in [-0.2, -0.15) is 0 Å². The molecule has 1 aliphatic rings. The first-order valence-corrected chi connectivity index (χ1v) is 6.53. The summed E-state index contributed by atoms with van der Waals surface area (Å²) in [6.07, 6.45) is 1.35. The number of benzene rings is 1. The van der Waals surface area contributed by atoms with Crippen LogP contribution in [-0.4, -0.2) is 26.4 Å². The van der Waals surface area contributed by atoms with Crippen LogP contribution in [0.4, 0.5) is 4.39 Å². The smallest absolute Gasteiger partial charge is 0.264 e. The van der Waals surface area contributed by atoms with Gasteiger partial charge in [0.05, 0.1) is 17.7 Å². The quantitative estimate of drug-likeness (QED) is 0.811. The molecular formula is C11H12FNO3S. The highest BCUT2D eigenvalue weighted by atomic mass is 32.2. The summed E-state index contributed by atoms with van der Waals surface area (Å²) >= 11 is 0. The van der Waals surface area contributed by atoms with E-state index in [-0.39, 0.29) is 10.5 Å². The predicted octanol–water partition coefficient (Wildman–Crippen LogP) is 1.79. The van der Waals surface area contributed by atoms with E-state index in [9.17, 15) is 12.8 Å². The summed E-state index contributed by atoms with van der Waals surface area (Å²) in [6.45, 7) is 2.17. The van der Waals surface area contributed by atoms with Gasteiger partial charge >= 0.3 is 0 Å². The third kappa shape index (κ3) is 1.88. The molecule has 0 saturated heterocycles. The Morgan fingerprint density at radius 3 is 2.76 bits per heavy atom. The number of hydrogen-bond donors (Lipinski definition) is 0. The van der Waals surface area contributed by atoms with Crippen molar-refractivity contribution in [2.75, 3.05) is 13.7 Å². The topological polar surface area (TPSA) is 46.6 Å². The van der Waals surface area contributed by atoms with Crippen molar-refractivity contribution in [2.45, 2.75) is 11.8 Å². The van der Waals surface area contributed by atoms with Crippen molar-refractivity contribution in [1.82, 2.24) is 4.31 Å². The summed E-state index contributed by atoms with van der Waals surface area (Å²) in [4.78, 5) is 0.0624. The normalized spacial score (nSPS) is 17.4. The summed E-state index contributed by atoms with van der Waals surface area (Å²) in [5, 5.41) is 0. The van der Waals surface area contributed by atoms with Gasteiger partial charge in [0.1, 0.15) is 11.6 Å². The zero-order chi connectivity index (χ0) is 12.6. The minimum atomic E-state index is -3.58. The Morgan fingerprint density at radius 1 is 1.41 bits per heavy atom. The van der Waals surface area contributed by atoms with Crippen molar-refractivity contribution in [3.63, 3.8) is 0 Å². The van der Waals surface area contributed by atoms with Crippen LogP contribution in [0.25, 0.3) is 5.76 Å². The lowest BCUT2D eigenvalue weighted by atomic mass is 10.2. The Balaban J connectivity index is 2.68. The average Bonchev–Trinajstić information content (AvgIpc) is 2.26. The Kier molecular flexibility index (Phi) is 2.82. The van der Waals surface area contributed by atoms with Crippen LogP contribution >= 0.6 is 0 Å². The van der Waals surface area contributed by atoms with Gasteiger partial charge in [-0.15, -0.1) is 0 Å². The Labute approximate surface area is 99.4 Å². The highest BCUT2D eigenvalue weighted by Crippen LogP contribution is 2.32. The van der Waals surface area contributed by atoms with Gasteiger partial charge in [0.2, 0.25) is 0 Å². The summed E-state index contributed by atoms with van der Waals surface area (Å²) in [6, 6.07) is 3.54. The lowest BCUT2D eigenvalue weighted by molar-refractivity contribution is 0.291. The van der Waals surface area contributed by atoms with Gasteiger partial charge in [-0.1, -0.05) is 0 Å². The van der Waals surface area contributed by atoms with Gasteiger partial charge in [0.25, 0.3) is 10.0 Å². The van der Waals surface area contributed by atoms with Crippen LogP contribution in [-0.2, 0) is 14.8 Å². The minimum absolute atomic E-state index is 0.0624. The van der Waals surface area contributed by atoms with Gasteiger partial charge in [-0.3, -0.25) is 4.31 Å². The third-order valence-electron chi connectivity index (χ3n) is 2.46. The Bertz CT molecular complexity index is 580. The Morgan fingerprint density at radius 2 is 2.12 bits per heavy atom. The van der Waals surface area contributed by atoms with Gasteiger partial charge in [0.15, 0.2) is 0 Å². The van der Waals surface area contributed by atoms with Crippen molar-refractivity contribution < 1.29 is 17.5 Å². The molecule has 0 radical (unpaired) electrons. The second kappa shape index (κ2) is 4.03. The molecule has 0 atom stereocenters. The SMILES string of the molecule is CCOC1=CN(C)S(=O)(=O)c2ccc(F)cc21. The van der Waals surface area contributed by atoms with Crippen molar-refractivity contribution in [3.05, 3.63) is 35.8 Å². The molecule has 1 aromatic rings. The minimum Gasteiger partial charge on any atom is -0.492 e. The fraction of sp³-hybridized carbons (Fsp3) is 0.273. The molecule has 0 spiro atoms. The van der Waals surface area contributed by atoms with Gasteiger partial charge in [0, 0.05) is 12.6 Å². The summed E-state index contributed by atoms with van der Waals surface area (Å²) in [5.41, 5.74) is 0.268. The largest absolute Gasteiger partial charge is 0.492 e. The number of nitrogens with zero attached hydrogens (tertiary/aromatic N) is 1. The molecule has 17 heavy (non-hydrogen) atoms. The molecule has 6 heteroatoms. The van der Waals surface area contributed by atoms with E-state index < -0.39 is 15.8 Å². The van der Waals surface area contributed by atoms with Crippen LogP contribution in [0.3, 0.4) is 0 Å². The molecular weight excluding hydrogens is 245 g/mol. The molecule has 1 heterocycles. The lowest BCUT2D eigenvalue weighted by Crippen LogP contribution is -2.27. The molecule has 1 aromatic carbocycles. The first-order valence-electron chi connectivity index (χ1n) is 5.09. The van der Waals surface area contributed by atoms with Gasteiger partial charge in [-0.25, -0.2) is 12.8 Å².